The summed E-state index contributed by atoms with van der Waals surface area (Å²) < 4.78 is 6.03. The average molecular weight is 265 g/mol. The standard InChI is InChI=1S/C15H23NO3/c16-15(11-18)8-3-5-13(10-15)19-14-6-2-1-4-12(14)7-9-17/h1-2,4,6,13,17-18H,3,5,7-11,16H2. The molecule has 0 spiro atoms. The number of rotatable bonds is 5. The summed E-state index contributed by atoms with van der Waals surface area (Å²) in [6.45, 7) is 0.119. The number of para-hydroxylation sites is 1. The van der Waals surface area contributed by atoms with E-state index in [1.54, 1.807) is 0 Å². The molecule has 4 N–H and O–H groups in total. The monoisotopic (exact) mass is 265 g/mol. The van der Waals surface area contributed by atoms with Gasteiger partial charge in [-0.2, -0.15) is 0 Å². The summed E-state index contributed by atoms with van der Waals surface area (Å²) in [5, 5.41) is 18.4. The van der Waals surface area contributed by atoms with Crippen LogP contribution in [0.15, 0.2) is 24.3 Å². The third-order valence-electron chi connectivity index (χ3n) is 3.80. The minimum absolute atomic E-state index is 0.00511. The molecule has 0 aliphatic heterocycles. The minimum Gasteiger partial charge on any atom is -0.490 e. The van der Waals surface area contributed by atoms with Crippen LogP contribution in [0.2, 0.25) is 0 Å². The lowest BCUT2D eigenvalue weighted by Crippen LogP contribution is -2.50. The lowest BCUT2D eigenvalue weighted by Gasteiger charge is -2.36. The summed E-state index contributed by atoms with van der Waals surface area (Å²) in [6.07, 6.45) is 4.11. The van der Waals surface area contributed by atoms with Gasteiger partial charge >= 0.3 is 0 Å². The Bertz CT molecular complexity index is 410. The molecule has 0 saturated heterocycles. The van der Waals surface area contributed by atoms with Gasteiger partial charge in [0.1, 0.15) is 11.9 Å². The van der Waals surface area contributed by atoms with Gasteiger partial charge in [-0.05, 0) is 37.3 Å². The second-order valence-corrected chi connectivity index (χ2v) is 5.44. The summed E-state index contributed by atoms with van der Waals surface area (Å²) in [5.74, 6) is 0.823. The molecule has 106 valence electrons. The number of aliphatic hydroxyl groups excluding tert-OH is 2. The highest BCUT2D eigenvalue weighted by Gasteiger charge is 2.33. The highest BCUT2D eigenvalue weighted by atomic mass is 16.5. The maximum Gasteiger partial charge on any atom is 0.122 e. The first kappa shape index (κ1) is 14.3. The van der Waals surface area contributed by atoms with E-state index in [1.165, 1.54) is 0 Å². The summed E-state index contributed by atoms with van der Waals surface area (Å²) in [5.41, 5.74) is 6.64. The topological polar surface area (TPSA) is 75.7 Å². The summed E-state index contributed by atoms with van der Waals surface area (Å²) in [6, 6.07) is 7.77. The van der Waals surface area contributed by atoms with Crippen molar-refractivity contribution in [3.8, 4) is 5.75 Å². The minimum atomic E-state index is -0.505. The average Bonchev–Trinajstić information content (AvgIpc) is 2.41. The van der Waals surface area contributed by atoms with Crippen LogP contribution in [-0.2, 0) is 6.42 Å². The molecule has 1 aromatic carbocycles. The van der Waals surface area contributed by atoms with E-state index < -0.39 is 5.54 Å². The number of ether oxygens (including phenoxy) is 1. The zero-order valence-corrected chi connectivity index (χ0v) is 11.2. The highest BCUT2D eigenvalue weighted by Crippen LogP contribution is 2.30. The Balaban J connectivity index is 2.04. The third-order valence-corrected chi connectivity index (χ3v) is 3.80. The Morgan fingerprint density at radius 1 is 1.32 bits per heavy atom. The van der Waals surface area contributed by atoms with Crippen LogP contribution < -0.4 is 10.5 Å². The van der Waals surface area contributed by atoms with Crippen LogP contribution in [0.3, 0.4) is 0 Å². The lowest BCUT2D eigenvalue weighted by atomic mass is 9.81. The van der Waals surface area contributed by atoms with Crippen LogP contribution in [0, 0.1) is 0 Å². The molecule has 1 saturated carbocycles. The molecule has 2 unspecified atom stereocenters. The van der Waals surface area contributed by atoms with Gasteiger partial charge < -0.3 is 20.7 Å². The molecule has 1 aliphatic carbocycles. The molecule has 0 bridgehead atoms. The van der Waals surface area contributed by atoms with Gasteiger partial charge in [-0.3, -0.25) is 0 Å². The maximum absolute atomic E-state index is 9.36. The third kappa shape index (κ3) is 3.69. The first-order valence-electron chi connectivity index (χ1n) is 6.92. The van der Waals surface area contributed by atoms with Crippen molar-refractivity contribution in [3.05, 3.63) is 29.8 Å². The fraction of sp³-hybridized carbons (Fsp3) is 0.600. The fourth-order valence-corrected chi connectivity index (χ4v) is 2.71. The van der Waals surface area contributed by atoms with E-state index in [1.807, 2.05) is 24.3 Å². The number of nitrogens with two attached hydrogens (primary N) is 1. The predicted octanol–water partition coefficient (Wildman–Crippen LogP) is 1.23. The van der Waals surface area contributed by atoms with Crippen LogP contribution in [0.1, 0.15) is 31.2 Å². The Morgan fingerprint density at radius 3 is 2.84 bits per heavy atom. The summed E-state index contributed by atoms with van der Waals surface area (Å²) in [7, 11) is 0. The molecule has 2 rings (SSSR count). The highest BCUT2D eigenvalue weighted by molar-refractivity contribution is 5.33. The molecular weight excluding hydrogens is 242 g/mol. The van der Waals surface area contributed by atoms with Crippen molar-refractivity contribution in [3.63, 3.8) is 0 Å². The van der Waals surface area contributed by atoms with Crippen molar-refractivity contribution < 1.29 is 14.9 Å². The van der Waals surface area contributed by atoms with Gasteiger partial charge in [0.05, 0.1) is 6.61 Å². The quantitative estimate of drug-likeness (QED) is 0.748. The van der Waals surface area contributed by atoms with Crippen molar-refractivity contribution >= 4 is 0 Å². The van der Waals surface area contributed by atoms with Crippen molar-refractivity contribution in [2.24, 2.45) is 5.73 Å². The predicted molar refractivity (Wildman–Crippen MR) is 74.1 cm³/mol. The fourth-order valence-electron chi connectivity index (χ4n) is 2.71. The molecule has 1 fully saturated rings. The van der Waals surface area contributed by atoms with Gasteiger partial charge in [0.25, 0.3) is 0 Å². The Morgan fingerprint density at radius 2 is 2.11 bits per heavy atom. The van der Waals surface area contributed by atoms with Crippen LogP contribution >= 0.6 is 0 Å². The zero-order chi connectivity index (χ0) is 13.7. The van der Waals surface area contributed by atoms with E-state index in [4.69, 9.17) is 15.6 Å². The van der Waals surface area contributed by atoms with E-state index in [-0.39, 0.29) is 19.3 Å². The molecule has 0 amide bonds. The SMILES string of the molecule is NC1(CO)CCCC(Oc2ccccc2CCO)C1. The smallest absolute Gasteiger partial charge is 0.122 e. The van der Waals surface area contributed by atoms with Crippen LogP contribution in [0.4, 0.5) is 0 Å². The lowest BCUT2D eigenvalue weighted by molar-refractivity contribution is 0.0721. The van der Waals surface area contributed by atoms with Crippen LogP contribution in [0.5, 0.6) is 5.75 Å². The Labute approximate surface area is 114 Å². The Kier molecular flexibility index (Phi) is 4.80. The molecule has 1 aliphatic rings. The molecule has 19 heavy (non-hydrogen) atoms. The van der Waals surface area contributed by atoms with Crippen LogP contribution in [0.25, 0.3) is 0 Å². The van der Waals surface area contributed by atoms with Crippen molar-refractivity contribution in [1.29, 1.82) is 0 Å². The van der Waals surface area contributed by atoms with Gasteiger partial charge in [-0.25, -0.2) is 0 Å². The van der Waals surface area contributed by atoms with Crippen LogP contribution in [-0.4, -0.2) is 35.1 Å². The van der Waals surface area contributed by atoms with E-state index in [0.717, 1.165) is 30.6 Å². The first-order valence-corrected chi connectivity index (χ1v) is 6.92. The van der Waals surface area contributed by atoms with Gasteiger partial charge in [0.2, 0.25) is 0 Å². The molecule has 0 radical (unpaired) electrons. The summed E-state index contributed by atoms with van der Waals surface area (Å²) >= 11 is 0. The number of aliphatic hydroxyl groups is 2. The van der Waals surface area contributed by atoms with Gasteiger partial charge in [-0.15, -0.1) is 0 Å². The zero-order valence-electron chi connectivity index (χ0n) is 11.2. The number of hydrogen-bond donors (Lipinski definition) is 3. The Hall–Kier alpha value is -1.10. The molecule has 0 heterocycles. The van der Waals surface area contributed by atoms with Crippen molar-refractivity contribution in [2.45, 2.75) is 43.7 Å². The van der Waals surface area contributed by atoms with Gasteiger partial charge in [0.15, 0.2) is 0 Å². The molecule has 4 nitrogen and oxygen atoms in total. The largest absolute Gasteiger partial charge is 0.490 e. The second kappa shape index (κ2) is 6.37. The second-order valence-electron chi connectivity index (χ2n) is 5.44. The van der Waals surface area contributed by atoms with Gasteiger partial charge in [0, 0.05) is 18.6 Å². The first-order chi connectivity index (χ1) is 9.17. The van der Waals surface area contributed by atoms with Gasteiger partial charge in [-0.1, -0.05) is 18.2 Å². The molecule has 2 atom stereocenters. The summed E-state index contributed by atoms with van der Waals surface area (Å²) in [4.78, 5) is 0. The maximum atomic E-state index is 9.36. The normalized spacial score (nSPS) is 27.2. The van der Waals surface area contributed by atoms with E-state index in [2.05, 4.69) is 0 Å². The molecular formula is C15H23NO3. The molecule has 0 aromatic heterocycles. The molecule has 4 heteroatoms. The number of benzene rings is 1. The van der Waals surface area contributed by atoms with E-state index in [0.29, 0.717) is 12.8 Å². The van der Waals surface area contributed by atoms with E-state index >= 15 is 0 Å². The van der Waals surface area contributed by atoms with E-state index in [9.17, 15) is 5.11 Å². The van der Waals surface area contributed by atoms with Crippen molar-refractivity contribution in [2.75, 3.05) is 13.2 Å². The number of hydrogen-bond acceptors (Lipinski definition) is 4. The van der Waals surface area contributed by atoms with Crippen molar-refractivity contribution in [1.82, 2.24) is 0 Å². The molecule has 1 aromatic rings.